The highest BCUT2D eigenvalue weighted by atomic mass is 32.2. The van der Waals surface area contributed by atoms with E-state index in [4.69, 9.17) is 0 Å². The minimum Gasteiger partial charge on any atom is -0.363 e. The second-order valence-corrected chi connectivity index (χ2v) is 5.56. The van der Waals surface area contributed by atoms with Crippen molar-refractivity contribution in [3.8, 4) is 0 Å². The number of fused-ring (bicyclic) bond motifs is 3. The third-order valence-electron chi connectivity index (χ3n) is 4.08. The largest absolute Gasteiger partial charge is 0.363 e. The van der Waals surface area contributed by atoms with Crippen molar-refractivity contribution >= 4 is 11.8 Å². The predicted molar refractivity (Wildman–Crippen MR) is 61.0 cm³/mol. The highest BCUT2D eigenvalue weighted by Crippen LogP contribution is 2.37. The fourth-order valence-electron chi connectivity index (χ4n) is 3.30. The van der Waals surface area contributed by atoms with Crippen LogP contribution in [0.15, 0.2) is 11.6 Å². The molecule has 0 amide bonds. The fourth-order valence-corrected chi connectivity index (χ4v) is 4.06. The number of hydrogen-bond acceptors (Lipinski definition) is 3. The lowest BCUT2D eigenvalue weighted by molar-refractivity contribution is -0.0134. The molecule has 0 aromatic rings. The topological polar surface area (TPSA) is 6.48 Å². The molecule has 2 nitrogen and oxygen atoms in total. The summed E-state index contributed by atoms with van der Waals surface area (Å²) in [6.45, 7) is 5.09. The van der Waals surface area contributed by atoms with Crippen molar-refractivity contribution in [2.75, 3.05) is 19.0 Å². The zero-order valence-electron chi connectivity index (χ0n) is 8.72. The molecule has 0 aromatic heterocycles. The van der Waals surface area contributed by atoms with Crippen LogP contribution in [0.4, 0.5) is 0 Å². The second kappa shape index (κ2) is 3.46. The molecule has 14 heavy (non-hydrogen) atoms. The maximum atomic E-state index is 2.67. The Bertz CT molecular complexity index is 244. The molecule has 4 heterocycles. The maximum absolute atomic E-state index is 2.67. The summed E-state index contributed by atoms with van der Waals surface area (Å²) in [7, 11) is 0. The van der Waals surface area contributed by atoms with E-state index in [0.29, 0.717) is 0 Å². The van der Waals surface area contributed by atoms with E-state index in [1.807, 2.05) is 11.8 Å². The zero-order chi connectivity index (χ0) is 9.54. The molecule has 0 N–H and O–H groups in total. The van der Waals surface area contributed by atoms with Gasteiger partial charge in [0.2, 0.25) is 0 Å². The van der Waals surface area contributed by atoms with E-state index in [9.17, 15) is 0 Å². The van der Waals surface area contributed by atoms with Crippen LogP contribution in [0.25, 0.3) is 0 Å². The standard InChI is InChI=1S/C11H18N2S/c1-9-11(13-6-7-14-8-13)10-2-4-12(9)5-3-10/h6-7,9-11H,2-5,8H2,1H3/t9-,11-/m0/s1. The van der Waals surface area contributed by atoms with Gasteiger partial charge in [-0.1, -0.05) is 0 Å². The number of nitrogens with zero attached hydrogens (tertiary/aromatic N) is 2. The molecule has 0 radical (unpaired) electrons. The van der Waals surface area contributed by atoms with Crippen LogP contribution < -0.4 is 0 Å². The van der Waals surface area contributed by atoms with Gasteiger partial charge in [-0.3, -0.25) is 4.90 Å². The lowest BCUT2D eigenvalue weighted by atomic mass is 9.79. The quantitative estimate of drug-likeness (QED) is 0.653. The first kappa shape index (κ1) is 9.10. The molecule has 3 saturated heterocycles. The molecule has 4 rings (SSSR count). The molecule has 4 aliphatic rings. The minimum absolute atomic E-state index is 0.769. The van der Waals surface area contributed by atoms with Crippen molar-refractivity contribution in [3.05, 3.63) is 11.6 Å². The van der Waals surface area contributed by atoms with E-state index >= 15 is 0 Å². The first-order valence-corrected chi connectivity index (χ1v) is 6.69. The Balaban J connectivity index is 1.80. The van der Waals surface area contributed by atoms with Crippen molar-refractivity contribution in [1.82, 2.24) is 9.80 Å². The molecule has 2 bridgehead atoms. The van der Waals surface area contributed by atoms with Crippen LogP contribution >= 0.6 is 11.8 Å². The lowest BCUT2D eigenvalue weighted by Crippen LogP contribution is -2.61. The van der Waals surface area contributed by atoms with Crippen LogP contribution in [0.3, 0.4) is 0 Å². The van der Waals surface area contributed by atoms with E-state index in [-0.39, 0.29) is 0 Å². The molecule has 0 unspecified atom stereocenters. The average Bonchev–Trinajstić information content (AvgIpc) is 2.72. The first-order chi connectivity index (χ1) is 6.86. The number of hydrogen-bond donors (Lipinski definition) is 0. The Morgan fingerprint density at radius 1 is 1.29 bits per heavy atom. The number of thioether (sulfide) groups is 1. The summed E-state index contributed by atoms with van der Waals surface area (Å²) in [6, 6.07) is 1.56. The Hall–Kier alpha value is -0.150. The van der Waals surface area contributed by atoms with Crippen LogP contribution in [0.5, 0.6) is 0 Å². The van der Waals surface area contributed by atoms with Crippen LogP contribution in [0.1, 0.15) is 19.8 Å². The molecular weight excluding hydrogens is 192 g/mol. The second-order valence-electron chi connectivity index (χ2n) is 4.70. The van der Waals surface area contributed by atoms with Gasteiger partial charge in [-0.05, 0) is 44.2 Å². The summed E-state index contributed by atoms with van der Waals surface area (Å²) >= 11 is 1.93. The van der Waals surface area contributed by atoms with E-state index in [0.717, 1.165) is 18.0 Å². The third kappa shape index (κ3) is 1.29. The summed E-state index contributed by atoms with van der Waals surface area (Å²) in [5.41, 5.74) is 0. The van der Waals surface area contributed by atoms with Gasteiger partial charge in [0.05, 0.1) is 5.88 Å². The maximum Gasteiger partial charge on any atom is 0.0679 e. The first-order valence-electron chi connectivity index (χ1n) is 5.64. The summed E-state index contributed by atoms with van der Waals surface area (Å²) in [6.07, 6.45) is 5.14. The number of rotatable bonds is 1. The minimum atomic E-state index is 0.769. The van der Waals surface area contributed by atoms with Gasteiger partial charge < -0.3 is 4.90 Å². The van der Waals surface area contributed by atoms with E-state index in [1.54, 1.807) is 0 Å². The van der Waals surface area contributed by atoms with E-state index in [2.05, 4.69) is 28.3 Å². The van der Waals surface area contributed by atoms with Crippen LogP contribution in [0.2, 0.25) is 0 Å². The van der Waals surface area contributed by atoms with Crippen LogP contribution in [-0.2, 0) is 0 Å². The summed E-state index contributed by atoms with van der Waals surface area (Å²) in [5.74, 6) is 2.14. The molecule has 4 aliphatic heterocycles. The smallest absolute Gasteiger partial charge is 0.0679 e. The molecule has 0 aromatic carbocycles. The summed E-state index contributed by atoms with van der Waals surface area (Å²) < 4.78 is 0. The zero-order valence-corrected chi connectivity index (χ0v) is 9.54. The van der Waals surface area contributed by atoms with Gasteiger partial charge in [-0.15, -0.1) is 11.8 Å². The molecule has 3 heteroatoms. The predicted octanol–water partition coefficient (Wildman–Crippen LogP) is 1.95. The van der Waals surface area contributed by atoms with Crippen molar-refractivity contribution in [1.29, 1.82) is 0 Å². The molecule has 0 spiro atoms. The molecule has 2 atom stereocenters. The van der Waals surface area contributed by atoms with Gasteiger partial charge in [0.25, 0.3) is 0 Å². The van der Waals surface area contributed by atoms with Crippen molar-refractivity contribution in [2.24, 2.45) is 5.92 Å². The van der Waals surface area contributed by atoms with E-state index < -0.39 is 0 Å². The highest BCUT2D eigenvalue weighted by Gasteiger charge is 2.42. The fraction of sp³-hybridized carbons (Fsp3) is 0.818. The average molecular weight is 210 g/mol. The van der Waals surface area contributed by atoms with Crippen LogP contribution in [-0.4, -0.2) is 40.8 Å². The van der Waals surface area contributed by atoms with Crippen LogP contribution in [0, 0.1) is 5.92 Å². The third-order valence-corrected chi connectivity index (χ3v) is 4.84. The van der Waals surface area contributed by atoms with Crippen molar-refractivity contribution in [3.63, 3.8) is 0 Å². The lowest BCUT2D eigenvalue weighted by Gasteiger charge is -2.52. The van der Waals surface area contributed by atoms with Gasteiger partial charge in [0.15, 0.2) is 0 Å². The van der Waals surface area contributed by atoms with Crippen molar-refractivity contribution in [2.45, 2.75) is 31.8 Å². The highest BCUT2D eigenvalue weighted by molar-refractivity contribution is 8.02. The number of piperidine rings is 3. The van der Waals surface area contributed by atoms with Gasteiger partial charge in [-0.25, -0.2) is 0 Å². The summed E-state index contributed by atoms with van der Waals surface area (Å²) in [5, 5.41) is 2.24. The molecule has 78 valence electrons. The Morgan fingerprint density at radius 2 is 2.07 bits per heavy atom. The van der Waals surface area contributed by atoms with Gasteiger partial charge in [-0.2, -0.15) is 0 Å². The molecule has 0 aliphatic carbocycles. The normalized spacial score (nSPS) is 46.2. The monoisotopic (exact) mass is 210 g/mol. The summed E-state index contributed by atoms with van der Waals surface area (Å²) in [4.78, 5) is 5.23. The van der Waals surface area contributed by atoms with Gasteiger partial charge >= 0.3 is 0 Å². The SMILES string of the molecule is C[C@H]1[C@H](N2C=CSC2)C2CCN1CC2. The Labute approximate surface area is 90.3 Å². The Morgan fingerprint density at radius 3 is 2.64 bits per heavy atom. The van der Waals surface area contributed by atoms with Gasteiger partial charge in [0, 0.05) is 18.3 Å². The Kier molecular flexibility index (Phi) is 2.25. The van der Waals surface area contributed by atoms with Crippen molar-refractivity contribution < 1.29 is 0 Å². The van der Waals surface area contributed by atoms with Gasteiger partial charge in [0.1, 0.15) is 0 Å². The molecular formula is C11H18N2S. The van der Waals surface area contributed by atoms with E-state index in [1.165, 1.54) is 31.8 Å². The molecule has 0 saturated carbocycles. The molecule has 3 fully saturated rings.